The fourth-order valence-corrected chi connectivity index (χ4v) is 2.87. The third-order valence-electron chi connectivity index (χ3n) is 3.88. The second-order valence-electron chi connectivity index (χ2n) is 5.18. The summed E-state index contributed by atoms with van der Waals surface area (Å²) in [5.41, 5.74) is 4.71. The molecule has 108 valence electrons. The molecule has 0 bridgehead atoms. The molecule has 1 unspecified atom stereocenters. The summed E-state index contributed by atoms with van der Waals surface area (Å²) in [6.45, 7) is 5.34. The van der Waals surface area contributed by atoms with Gasteiger partial charge < -0.3 is 5.32 Å². The predicted molar refractivity (Wildman–Crippen MR) is 87.8 cm³/mol. The van der Waals surface area contributed by atoms with Crippen molar-refractivity contribution in [3.63, 3.8) is 0 Å². The van der Waals surface area contributed by atoms with Crippen LogP contribution in [0.5, 0.6) is 0 Å². The standard InChI is InChI=1S/C18H21N3/c1-3-15(19-4-2)14-9-5-7-11-17(14)21-13-20-16-10-6-8-12-18(16)21/h5-13,15,19H,3-4H2,1-2H3. The Hall–Kier alpha value is -2.13. The quantitative estimate of drug-likeness (QED) is 0.762. The summed E-state index contributed by atoms with van der Waals surface area (Å²) < 4.78 is 2.19. The van der Waals surface area contributed by atoms with Crippen molar-refractivity contribution >= 4 is 11.0 Å². The molecule has 0 radical (unpaired) electrons. The zero-order valence-corrected chi connectivity index (χ0v) is 12.6. The molecule has 21 heavy (non-hydrogen) atoms. The maximum absolute atomic E-state index is 4.51. The van der Waals surface area contributed by atoms with Crippen molar-refractivity contribution in [3.8, 4) is 5.69 Å². The molecule has 1 atom stereocenters. The van der Waals surface area contributed by atoms with Gasteiger partial charge in [-0.1, -0.05) is 44.2 Å². The number of nitrogens with one attached hydrogen (secondary N) is 1. The highest BCUT2D eigenvalue weighted by Crippen LogP contribution is 2.26. The van der Waals surface area contributed by atoms with Crippen LogP contribution in [0.1, 0.15) is 31.9 Å². The number of hydrogen-bond donors (Lipinski definition) is 1. The molecule has 3 aromatic rings. The predicted octanol–water partition coefficient (Wildman–Crippen LogP) is 4.09. The number of benzene rings is 2. The molecule has 3 nitrogen and oxygen atoms in total. The van der Waals surface area contributed by atoms with E-state index in [0.29, 0.717) is 6.04 Å². The van der Waals surface area contributed by atoms with E-state index in [9.17, 15) is 0 Å². The van der Waals surface area contributed by atoms with Gasteiger partial charge in [0.05, 0.1) is 16.7 Å². The summed E-state index contributed by atoms with van der Waals surface area (Å²) >= 11 is 0. The number of fused-ring (bicyclic) bond motifs is 1. The topological polar surface area (TPSA) is 29.9 Å². The molecule has 1 heterocycles. The maximum atomic E-state index is 4.51. The Balaban J connectivity index is 2.14. The molecule has 0 amide bonds. The van der Waals surface area contributed by atoms with Crippen LogP contribution in [0, 0.1) is 0 Å². The Morgan fingerprint density at radius 3 is 2.62 bits per heavy atom. The lowest BCUT2D eigenvalue weighted by atomic mass is 10.0. The molecule has 0 saturated carbocycles. The first kappa shape index (κ1) is 13.8. The fourth-order valence-electron chi connectivity index (χ4n) is 2.87. The van der Waals surface area contributed by atoms with Crippen LogP contribution in [0.15, 0.2) is 54.9 Å². The van der Waals surface area contributed by atoms with Crippen molar-refractivity contribution in [1.29, 1.82) is 0 Å². The lowest BCUT2D eigenvalue weighted by molar-refractivity contribution is 0.536. The molecule has 0 aliphatic heterocycles. The molecule has 0 aliphatic carbocycles. The fraction of sp³-hybridized carbons (Fsp3) is 0.278. The summed E-state index contributed by atoms with van der Waals surface area (Å²) in [4.78, 5) is 4.51. The van der Waals surface area contributed by atoms with Gasteiger partial charge in [-0.15, -0.1) is 0 Å². The molecule has 3 heteroatoms. The van der Waals surface area contributed by atoms with Crippen molar-refractivity contribution in [2.24, 2.45) is 0 Å². The normalized spacial score (nSPS) is 12.7. The number of aromatic nitrogens is 2. The van der Waals surface area contributed by atoms with Gasteiger partial charge in [0.25, 0.3) is 0 Å². The SMILES string of the molecule is CCNC(CC)c1ccccc1-n1cnc2ccccc21. The molecule has 2 aromatic carbocycles. The van der Waals surface area contributed by atoms with Crippen LogP contribution in [-0.4, -0.2) is 16.1 Å². The Labute approximate surface area is 125 Å². The molecular formula is C18H21N3. The number of rotatable bonds is 5. The van der Waals surface area contributed by atoms with E-state index in [1.54, 1.807) is 0 Å². The summed E-state index contributed by atoms with van der Waals surface area (Å²) in [6.07, 6.45) is 2.99. The van der Waals surface area contributed by atoms with Gasteiger partial charge in [0.15, 0.2) is 0 Å². The molecule has 0 saturated heterocycles. The van der Waals surface area contributed by atoms with E-state index < -0.39 is 0 Å². The van der Waals surface area contributed by atoms with E-state index in [4.69, 9.17) is 0 Å². The van der Waals surface area contributed by atoms with Crippen LogP contribution in [0.4, 0.5) is 0 Å². The summed E-state index contributed by atoms with van der Waals surface area (Å²) in [6, 6.07) is 17.2. The molecule has 3 rings (SSSR count). The Morgan fingerprint density at radius 1 is 1.05 bits per heavy atom. The minimum atomic E-state index is 0.368. The first-order valence-electron chi connectivity index (χ1n) is 7.60. The van der Waals surface area contributed by atoms with Gasteiger partial charge in [-0.25, -0.2) is 4.98 Å². The molecule has 0 fully saturated rings. The van der Waals surface area contributed by atoms with Gasteiger partial charge in [-0.3, -0.25) is 4.57 Å². The van der Waals surface area contributed by atoms with Gasteiger partial charge in [-0.2, -0.15) is 0 Å². The number of imidazole rings is 1. The minimum Gasteiger partial charge on any atom is -0.310 e. The highest BCUT2D eigenvalue weighted by Gasteiger charge is 2.14. The van der Waals surface area contributed by atoms with E-state index in [2.05, 4.69) is 71.2 Å². The van der Waals surface area contributed by atoms with Crippen LogP contribution in [0.2, 0.25) is 0 Å². The van der Waals surface area contributed by atoms with Gasteiger partial charge in [0, 0.05) is 6.04 Å². The first-order chi connectivity index (χ1) is 10.3. The third-order valence-corrected chi connectivity index (χ3v) is 3.88. The molecule has 1 aromatic heterocycles. The Kier molecular flexibility index (Phi) is 4.02. The molecule has 1 N–H and O–H groups in total. The van der Waals surface area contributed by atoms with Crippen LogP contribution in [0.25, 0.3) is 16.7 Å². The first-order valence-corrected chi connectivity index (χ1v) is 7.60. The Bertz CT molecular complexity index is 730. The molecule has 0 spiro atoms. The Morgan fingerprint density at radius 2 is 1.81 bits per heavy atom. The third kappa shape index (κ3) is 2.57. The van der Waals surface area contributed by atoms with Gasteiger partial charge in [0.1, 0.15) is 6.33 Å². The smallest absolute Gasteiger partial charge is 0.100 e. The van der Waals surface area contributed by atoms with E-state index in [1.807, 2.05) is 12.4 Å². The lowest BCUT2D eigenvalue weighted by Crippen LogP contribution is -2.21. The number of hydrogen-bond acceptors (Lipinski definition) is 2. The van der Waals surface area contributed by atoms with Crippen molar-refractivity contribution in [2.45, 2.75) is 26.3 Å². The zero-order chi connectivity index (χ0) is 14.7. The van der Waals surface area contributed by atoms with Crippen molar-refractivity contribution in [2.75, 3.05) is 6.54 Å². The molecule has 0 aliphatic rings. The number of nitrogens with zero attached hydrogens (tertiary/aromatic N) is 2. The van der Waals surface area contributed by atoms with Crippen LogP contribution >= 0.6 is 0 Å². The van der Waals surface area contributed by atoms with E-state index in [-0.39, 0.29) is 0 Å². The van der Waals surface area contributed by atoms with Gasteiger partial charge in [0.2, 0.25) is 0 Å². The van der Waals surface area contributed by atoms with Crippen molar-refractivity contribution < 1.29 is 0 Å². The van der Waals surface area contributed by atoms with Gasteiger partial charge >= 0.3 is 0 Å². The molecular weight excluding hydrogens is 258 g/mol. The minimum absolute atomic E-state index is 0.368. The summed E-state index contributed by atoms with van der Waals surface area (Å²) in [7, 11) is 0. The second-order valence-corrected chi connectivity index (χ2v) is 5.18. The average Bonchev–Trinajstić information content (AvgIpc) is 2.96. The van der Waals surface area contributed by atoms with Crippen LogP contribution in [0.3, 0.4) is 0 Å². The van der Waals surface area contributed by atoms with Crippen molar-refractivity contribution in [3.05, 3.63) is 60.4 Å². The van der Waals surface area contributed by atoms with E-state index >= 15 is 0 Å². The zero-order valence-electron chi connectivity index (χ0n) is 12.6. The highest BCUT2D eigenvalue weighted by molar-refractivity contribution is 5.77. The van der Waals surface area contributed by atoms with Gasteiger partial charge in [-0.05, 0) is 36.7 Å². The maximum Gasteiger partial charge on any atom is 0.100 e. The van der Waals surface area contributed by atoms with Crippen LogP contribution < -0.4 is 5.32 Å². The highest BCUT2D eigenvalue weighted by atomic mass is 15.1. The second kappa shape index (κ2) is 6.10. The van der Waals surface area contributed by atoms with E-state index in [0.717, 1.165) is 24.0 Å². The summed E-state index contributed by atoms with van der Waals surface area (Å²) in [5.74, 6) is 0. The average molecular weight is 279 g/mol. The lowest BCUT2D eigenvalue weighted by Gasteiger charge is -2.20. The largest absolute Gasteiger partial charge is 0.310 e. The monoisotopic (exact) mass is 279 g/mol. The van der Waals surface area contributed by atoms with E-state index in [1.165, 1.54) is 11.3 Å². The van der Waals surface area contributed by atoms with Crippen molar-refractivity contribution in [1.82, 2.24) is 14.9 Å². The number of para-hydroxylation sites is 3. The van der Waals surface area contributed by atoms with Crippen LogP contribution in [-0.2, 0) is 0 Å². The summed E-state index contributed by atoms with van der Waals surface area (Å²) in [5, 5.41) is 3.57.